The van der Waals surface area contributed by atoms with Gasteiger partial charge >= 0.3 is 0 Å². The summed E-state index contributed by atoms with van der Waals surface area (Å²) >= 11 is 0. The highest BCUT2D eigenvalue weighted by atomic mass is 16.5. The highest BCUT2D eigenvalue weighted by Crippen LogP contribution is 2.17. The molecule has 0 aliphatic carbocycles. The van der Waals surface area contributed by atoms with Crippen LogP contribution in [0.5, 0.6) is 0 Å². The molecule has 0 unspecified atom stereocenters. The molecule has 0 spiro atoms. The molecule has 0 fully saturated rings. The number of hydrogen-bond acceptors (Lipinski definition) is 3. The number of methoxy groups -OCH3 is 1. The van der Waals surface area contributed by atoms with Crippen LogP contribution in [0.15, 0.2) is 83.1 Å². The Morgan fingerprint density at radius 1 is 0.793 bits per heavy atom. The van der Waals surface area contributed by atoms with Crippen LogP contribution in [0.3, 0.4) is 0 Å². The van der Waals surface area contributed by atoms with Crippen LogP contribution in [0.2, 0.25) is 0 Å². The van der Waals surface area contributed by atoms with E-state index in [0.717, 1.165) is 23.0 Å². The maximum absolute atomic E-state index is 12.2. The van der Waals surface area contributed by atoms with Gasteiger partial charge < -0.3 is 4.74 Å². The van der Waals surface area contributed by atoms with Crippen molar-refractivity contribution in [2.45, 2.75) is 60.0 Å². The van der Waals surface area contributed by atoms with Crippen LogP contribution in [0.4, 0.5) is 0 Å². The molecule has 0 saturated carbocycles. The molecule has 0 aliphatic heterocycles. The van der Waals surface area contributed by atoms with E-state index in [0.29, 0.717) is 18.4 Å². The minimum Gasteiger partial charge on any atom is -0.379 e. The van der Waals surface area contributed by atoms with Gasteiger partial charge in [0.1, 0.15) is 6.29 Å². The largest absolute Gasteiger partial charge is 0.379 e. The Balaban J connectivity index is 4.67. The summed E-state index contributed by atoms with van der Waals surface area (Å²) in [7, 11) is 1.67. The summed E-state index contributed by atoms with van der Waals surface area (Å²) in [6.07, 6.45) is 21.3. The lowest BCUT2D eigenvalue weighted by Crippen LogP contribution is -2.23. The smallest absolute Gasteiger partial charge is 0.158 e. The van der Waals surface area contributed by atoms with Gasteiger partial charge in [-0.15, -0.1) is 0 Å². The third-order valence-electron chi connectivity index (χ3n) is 4.39. The number of carbonyl (C=O) groups is 2. The lowest BCUT2D eigenvalue weighted by atomic mass is 9.98. The van der Waals surface area contributed by atoms with Crippen LogP contribution in [-0.4, -0.2) is 24.8 Å². The topological polar surface area (TPSA) is 43.4 Å². The SMILES string of the molecule is COC(C)(C)CCC(=O)/C(C)=C/C=C/C(C)=C/C=C/C(C)=C/C=C/C=C(\C)C=O. The average molecular weight is 397 g/mol. The Hall–Kier alpha value is -2.52. The molecular weight excluding hydrogens is 360 g/mol. The summed E-state index contributed by atoms with van der Waals surface area (Å²) in [5.74, 6) is 0.147. The van der Waals surface area contributed by atoms with Crippen LogP contribution in [0.1, 0.15) is 54.4 Å². The van der Waals surface area contributed by atoms with Crippen molar-refractivity contribution in [2.24, 2.45) is 0 Å². The predicted molar refractivity (Wildman–Crippen MR) is 124 cm³/mol. The third kappa shape index (κ3) is 14.2. The predicted octanol–water partition coefficient (Wildman–Crippen LogP) is 6.41. The summed E-state index contributed by atoms with van der Waals surface area (Å²) in [6, 6.07) is 0. The lowest BCUT2D eigenvalue weighted by Gasteiger charge is -2.22. The molecule has 0 rings (SSSR count). The molecule has 0 aromatic carbocycles. The van der Waals surface area contributed by atoms with Gasteiger partial charge in [0.05, 0.1) is 5.60 Å². The first kappa shape index (κ1) is 26.5. The second kappa shape index (κ2) is 14.5. The Morgan fingerprint density at radius 2 is 1.28 bits per heavy atom. The number of allylic oxidation sites excluding steroid dienone is 14. The molecule has 0 saturated heterocycles. The molecule has 29 heavy (non-hydrogen) atoms. The Kier molecular flexibility index (Phi) is 13.2. The fourth-order valence-corrected chi connectivity index (χ4v) is 2.07. The standard InChI is InChI=1S/C26H36O3/c1-21(12-8-9-13-23(3)20-27)14-10-15-22(2)16-11-17-24(4)25(28)18-19-26(5,6)29-7/h8-17,20H,18-19H2,1-7H3/b9-8+,14-10+,16-11+,21-12+,22-15+,23-13+,24-17+. The Bertz CT molecular complexity index is 751. The van der Waals surface area contributed by atoms with Crippen molar-refractivity contribution >= 4 is 12.1 Å². The molecule has 0 aromatic rings. The van der Waals surface area contributed by atoms with Gasteiger partial charge in [0.25, 0.3) is 0 Å². The molecule has 0 amide bonds. The van der Waals surface area contributed by atoms with E-state index in [2.05, 4.69) is 0 Å². The number of hydrogen-bond donors (Lipinski definition) is 0. The fraction of sp³-hybridized carbons (Fsp3) is 0.385. The average Bonchev–Trinajstić information content (AvgIpc) is 2.69. The third-order valence-corrected chi connectivity index (χ3v) is 4.39. The highest BCUT2D eigenvalue weighted by Gasteiger charge is 2.18. The van der Waals surface area contributed by atoms with E-state index in [9.17, 15) is 9.59 Å². The Morgan fingerprint density at radius 3 is 1.79 bits per heavy atom. The number of ether oxygens (including phenoxy) is 1. The zero-order chi connectivity index (χ0) is 22.3. The van der Waals surface area contributed by atoms with Gasteiger partial charge in [-0.2, -0.15) is 0 Å². The zero-order valence-corrected chi connectivity index (χ0v) is 19.0. The van der Waals surface area contributed by atoms with E-state index in [4.69, 9.17) is 4.74 Å². The Labute approximate surface area is 176 Å². The number of aldehydes is 1. The summed E-state index contributed by atoms with van der Waals surface area (Å²) in [5, 5.41) is 0. The van der Waals surface area contributed by atoms with Crippen LogP contribution in [0, 0.1) is 0 Å². The number of Topliss-reactive ketones (excluding diaryl/α,β-unsaturated/α-hetero) is 1. The van der Waals surface area contributed by atoms with Crippen LogP contribution in [-0.2, 0) is 14.3 Å². The highest BCUT2D eigenvalue weighted by molar-refractivity contribution is 5.95. The van der Waals surface area contributed by atoms with Crippen molar-refractivity contribution in [1.82, 2.24) is 0 Å². The fourth-order valence-electron chi connectivity index (χ4n) is 2.07. The molecule has 0 heterocycles. The molecule has 0 radical (unpaired) electrons. The minimum atomic E-state index is -0.273. The van der Waals surface area contributed by atoms with Crippen LogP contribution >= 0.6 is 0 Å². The molecule has 3 heteroatoms. The first-order chi connectivity index (χ1) is 13.6. The zero-order valence-electron chi connectivity index (χ0n) is 19.0. The van der Waals surface area contributed by atoms with Crippen molar-refractivity contribution in [3.8, 4) is 0 Å². The summed E-state index contributed by atoms with van der Waals surface area (Å²) < 4.78 is 5.35. The van der Waals surface area contributed by atoms with Gasteiger partial charge in [0.2, 0.25) is 0 Å². The van der Waals surface area contributed by atoms with Gasteiger partial charge in [-0.3, -0.25) is 9.59 Å². The van der Waals surface area contributed by atoms with E-state index < -0.39 is 0 Å². The minimum absolute atomic E-state index is 0.147. The number of carbonyl (C=O) groups excluding carboxylic acids is 2. The molecular formula is C26H36O3. The monoisotopic (exact) mass is 396 g/mol. The molecule has 3 nitrogen and oxygen atoms in total. The normalized spacial score (nSPS) is 15.1. The molecule has 0 bridgehead atoms. The van der Waals surface area contributed by atoms with E-state index in [1.54, 1.807) is 20.1 Å². The number of rotatable bonds is 12. The van der Waals surface area contributed by atoms with Crippen molar-refractivity contribution in [2.75, 3.05) is 7.11 Å². The van der Waals surface area contributed by atoms with Gasteiger partial charge in [-0.05, 0) is 59.1 Å². The first-order valence-electron chi connectivity index (χ1n) is 9.86. The van der Waals surface area contributed by atoms with Gasteiger partial charge in [0.15, 0.2) is 5.78 Å². The molecule has 0 N–H and O–H groups in total. The summed E-state index contributed by atoms with van der Waals surface area (Å²) in [5.41, 5.74) is 3.36. The second-order valence-corrected chi connectivity index (χ2v) is 7.69. The maximum atomic E-state index is 12.2. The summed E-state index contributed by atoms with van der Waals surface area (Å²) in [4.78, 5) is 22.7. The first-order valence-corrected chi connectivity index (χ1v) is 9.86. The maximum Gasteiger partial charge on any atom is 0.158 e. The van der Waals surface area contributed by atoms with Crippen molar-refractivity contribution in [1.29, 1.82) is 0 Å². The van der Waals surface area contributed by atoms with E-state index in [1.165, 1.54) is 0 Å². The summed E-state index contributed by atoms with van der Waals surface area (Å²) in [6.45, 7) is 11.6. The van der Waals surface area contributed by atoms with E-state index in [1.807, 2.05) is 89.3 Å². The quantitative estimate of drug-likeness (QED) is 0.217. The molecule has 0 atom stereocenters. The van der Waals surface area contributed by atoms with Gasteiger partial charge in [-0.1, -0.05) is 71.9 Å². The van der Waals surface area contributed by atoms with E-state index >= 15 is 0 Å². The second-order valence-electron chi connectivity index (χ2n) is 7.69. The molecule has 0 aliphatic rings. The molecule has 0 aromatic heterocycles. The van der Waals surface area contributed by atoms with Crippen LogP contribution < -0.4 is 0 Å². The van der Waals surface area contributed by atoms with Crippen molar-refractivity contribution < 1.29 is 14.3 Å². The lowest BCUT2D eigenvalue weighted by molar-refractivity contribution is -0.116. The van der Waals surface area contributed by atoms with Crippen LogP contribution in [0.25, 0.3) is 0 Å². The molecule has 158 valence electrons. The van der Waals surface area contributed by atoms with Gasteiger partial charge in [-0.25, -0.2) is 0 Å². The van der Waals surface area contributed by atoms with E-state index in [-0.39, 0.29) is 11.4 Å². The van der Waals surface area contributed by atoms with Gasteiger partial charge in [0, 0.05) is 13.5 Å². The van der Waals surface area contributed by atoms with Crippen molar-refractivity contribution in [3.05, 3.63) is 83.1 Å². The van der Waals surface area contributed by atoms with Crippen molar-refractivity contribution in [3.63, 3.8) is 0 Å². The number of ketones is 1.